The topological polar surface area (TPSA) is 48.3 Å². The quantitative estimate of drug-likeness (QED) is 0.693. The third-order valence-electron chi connectivity index (χ3n) is 3.39. The van der Waals surface area contributed by atoms with Crippen molar-refractivity contribution in [2.24, 2.45) is 0 Å². The molecule has 0 spiro atoms. The molecule has 0 N–H and O–H groups in total. The van der Waals surface area contributed by atoms with Gasteiger partial charge in [-0.25, -0.2) is 12.4 Å². The second-order valence-electron chi connectivity index (χ2n) is 4.75. The summed E-state index contributed by atoms with van der Waals surface area (Å²) in [5, 5.41) is 0.857. The van der Waals surface area contributed by atoms with E-state index in [1.165, 1.54) is 10.2 Å². The minimum Gasteiger partial charge on any atom is -0.504 e. The van der Waals surface area contributed by atoms with Crippen LogP contribution in [0.5, 0.6) is 0 Å². The zero-order valence-electron chi connectivity index (χ0n) is 12.0. The van der Waals surface area contributed by atoms with E-state index in [9.17, 15) is 8.42 Å². The highest BCUT2D eigenvalue weighted by molar-refractivity contribution is 7.90. The van der Waals surface area contributed by atoms with Crippen LogP contribution in [0.25, 0.3) is 17.0 Å². The number of ether oxygens (including phenoxy) is 1. The van der Waals surface area contributed by atoms with Crippen LogP contribution in [0.15, 0.2) is 72.0 Å². The Labute approximate surface area is 129 Å². The van der Waals surface area contributed by atoms with Crippen molar-refractivity contribution in [3.8, 4) is 0 Å². The van der Waals surface area contributed by atoms with Crippen molar-refractivity contribution in [2.75, 3.05) is 7.11 Å². The molecule has 0 aliphatic heterocycles. The first-order chi connectivity index (χ1) is 10.6. The molecule has 0 radical (unpaired) electrons. The fourth-order valence-electron chi connectivity index (χ4n) is 2.35. The fourth-order valence-corrected chi connectivity index (χ4v) is 3.75. The van der Waals surface area contributed by atoms with E-state index in [0.717, 1.165) is 10.9 Å². The lowest BCUT2D eigenvalue weighted by atomic mass is 10.2. The molecule has 5 heteroatoms. The summed E-state index contributed by atoms with van der Waals surface area (Å²) in [4.78, 5) is 0.262. The van der Waals surface area contributed by atoms with Gasteiger partial charge < -0.3 is 4.74 Å². The molecule has 22 heavy (non-hydrogen) atoms. The maximum Gasteiger partial charge on any atom is 0.268 e. The van der Waals surface area contributed by atoms with E-state index < -0.39 is 10.0 Å². The van der Waals surface area contributed by atoms with Gasteiger partial charge in [-0.05, 0) is 24.3 Å². The Kier molecular flexibility index (Phi) is 3.73. The van der Waals surface area contributed by atoms with Crippen LogP contribution in [0.1, 0.15) is 5.56 Å². The van der Waals surface area contributed by atoms with Gasteiger partial charge in [0.15, 0.2) is 0 Å². The number of hydrogen-bond donors (Lipinski definition) is 0. The predicted molar refractivity (Wildman–Crippen MR) is 87.0 cm³/mol. The Morgan fingerprint density at radius 2 is 1.68 bits per heavy atom. The molecular weight excluding hydrogens is 298 g/mol. The highest BCUT2D eigenvalue weighted by Crippen LogP contribution is 2.26. The molecule has 2 aromatic carbocycles. The van der Waals surface area contributed by atoms with Crippen LogP contribution in [0.4, 0.5) is 0 Å². The summed E-state index contributed by atoms with van der Waals surface area (Å²) < 4.78 is 31.9. The van der Waals surface area contributed by atoms with Crippen LogP contribution in [0, 0.1) is 0 Å². The highest BCUT2D eigenvalue weighted by atomic mass is 32.2. The maximum absolute atomic E-state index is 12.8. The Morgan fingerprint density at radius 1 is 1.00 bits per heavy atom. The van der Waals surface area contributed by atoms with Crippen molar-refractivity contribution in [1.29, 1.82) is 0 Å². The lowest BCUT2D eigenvalue weighted by Crippen LogP contribution is -2.11. The summed E-state index contributed by atoms with van der Waals surface area (Å²) in [6.07, 6.45) is 4.89. The molecule has 3 rings (SSSR count). The molecule has 3 aromatic rings. The third-order valence-corrected chi connectivity index (χ3v) is 5.08. The Morgan fingerprint density at radius 3 is 2.41 bits per heavy atom. The van der Waals surface area contributed by atoms with Crippen LogP contribution >= 0.6 is 0 Å². The number of rotatable bonds is 4. The lowest BCUT2D eigenvalue weighted by Gasteiger charge is -2.07. The molecule has 1 aromatic heterocycles. The number of nitrogens with zero attached hydrogens (tertiary/aromatic N) is 1. The van der Waals surface area contributed by atoms with Gasteiger partial charge in [0.1, 0.15) is 0 Å². The zero-order valence-corrected chi connectivity index (χ0v) is 12.8. The van der Waals surface area contributed by atoms with Crippen LogP contribution in [0.2, 0.25) is 0 Å². The second-order valence-corrected chi connectivity index (χ2v) is 6.57. The van der Waals surface area contributed by atoms with E-state index in [0.29, 0.717) is 5.52 Å². The second kappa shape index (κ2) is 5.69. The van der Waals surface area contributed by atoms with Crippen LogP contribution in [0.3, 0.4) is 0 Å². The first-order valence-electron chi connectivity index (χ1n) is 6.74. The first kappa shape index (κ1) is 14.4. The monoisotopic (exact) mass is 313 g/mol. The zero-order chi connectivity index (χ0) is 15.6. The molecule has 0 bridgehead atoms. The summed E-state index contributed by atoms with van der Waals surface area (Å²) in [6, 6.07) is 15.8. The van der Waals surface area contributed by atoms with Gasteiger partial charge >= 0.3 is 0 Å². The maximum atomic E-state index is 12.8. The average Bonchev–Trinajstić information content (AvgIpc) is 2.93. The van der Waals surface area contributed by atoms with Crippen LogP contribution in [-0.4, -0.2) is 19.5 Å². The van der Waals surface area contributed by atoms with E-state index in [1.807, 2.05) is 18.2 Å². The van der Waals surface area contributed by atoms with Gasteiger partial charge in [-0.15, -0.1) is 0 Å². The Bertz CT molecular complexity index is 925. The predicted octanol–water partition coefficient (Wildman–Crippen LogP) is 3.50. The SMILES string of the molecule is COC=Cc1cn(S(=O)(=O)c2ccccc2)c2ccccc12. The average molecular weight is 313 g/mol. The van der Waals surface area contributed by atoms with Crippen LogP contribution in [-0.2, 0) is 14.8 Å². The third kappa shape index (κ3) is 2.40. The van der Waals surface area contributed by atoms with Gasteiger partial charge in [0.2, 0.25) is 0 Å². The normalized spacial score (nSPS) is 12.0. The summed E-state index contributed by atoms with van der Waals surface area (Å²) in [6.45, 7) is 0. The van der Waals surface area contributed by atoms with Crippen molar-refractivity contribution < 1.29 is 13.2 Å². The van der Waals surface area contributed by atoms with E-state index in [1.54, 1.807) is 55.8 Å². The summed E-state index contributed by atoms with van der Waals surface area (Å²) in [5.74, 6) is 0. The molecule has 0 saturated heterocycles. The van der Waals surface area contributed by atoms with Crippen molar-refractivity contribution in [2.45, 2.75) is 4.90 Å². The minimum atomic E-state index is -3.63. The van der Waals surface area contributed by atoms with Gasteiger partial charge in [0, 0.05) is 17.1 Å². The number of fused-ring (bicyclic) bond motifs is 1. The minimum absolute atomic E-state index is 0.262. The smallest absolute Gasteiger partial charge is 0.268 e. The van der Waals surface area contributed by atoms with Crippen molar-refractivity contribution in [1.82, 2.24) is 3.97 Å². The number of aromatic nitrogens is 1. The van der Waals surface area contributed by atoms with Gasteiger partial charge in [0.05, 0.1) is 23.8 Å². The van der Waals surface area contributed by atoms with Gasteiger partial charge in [0.25, 0.3) is 10.0 Å². The number of benzene rings is 2. The molecule has 0 amide bonds. The Balaban J connectivity index is 2.26. The van der Waals surface area contributed by atoms with Crippen molar-refractivity contribution >= 4 is 27.0 Å². The standard InChI is InChI=1S/C17H15NO3S/c1-21-12-11-14-13-18(17-10-6-5-9-16(14)17)22(19,20)15-7-3-2-4-8-15/h2-13H,1H3. The molecule has 0 aliphatic rings. The molecule has 0 unspecified atom stereocenters. The van der Waals surface area contributed by atoms with E-state index >= 15 is 0 Å². The highest BCUT2D eigenvalue weighted by Gasteiger charge is 2.20. The number of para-hydroxylation sites is 1. The number of methoxy groups -OCH3 is 1. The molecule has 0 atom stereocenters. The first-order valence-corrected chi connectivity index (χ1v) is 8.18. The van der Waals surface area contributed by atoms with E-state index in [2.05, 4.69) is 0 Å². The molecular formula is C17H15NO3S. The summed E-state index contributed by atoms with van der Waals surface area (Å²) >= 11 is 0. The molecule has 0 saturated carbocycles. The fraction of sp³-hybridized carbons (Fsp3) is 0.0588. The van der Waals surface area contributed by atoms with E-state index in [4.69, 9.17) is 4.74 Å². The molecule has 112 valence electrons. The van der Waals surface area contributed by atoms with Crippen molar-refractivity contribution in [3.05, 3.63) is 72.6 Å². The van der Waals surface area contributed by atoms with Crippen molar-refractivity contribution in [3.63, 3.8) is 0 Å². The largest absolute Gasteiger partial charge is 0.504 e. The molecule has 1 heterocycles. The molecule has 0 aliphatic carbocycles. The molecule has 0 fully saturated rings. The van der Waals surface area contributed by atoms with Gasteiger partial charge in [-0.2, -0.15) is 0 Å². The lowest BCUT2D eigenvalue weighted by molar-refractivity contribution is 0.341. The van der Waals surface area contributed by atoms with Gasteiger partial charge in [-0.1, -0.05) is 36.4 Å². The number of hydrogen-bond acceptors (Lipinski definition) is 3. The molecule has 4 nitrogen and oxygen atoms in total. The van der Waals surface area contributed by atoms with Gasteiger partial charge in [-0.3, -0.25) is 0 Å². The Hall–Kier alpha value is -2.53. The van der Waals surface area contributed by atoms with Crippen LogP contribution < -0.4 is 0 Å². The summed E-state index contributed by atoms with van der Waals surface area (Å²) in [5.41, 5.74) is 1.43. The summed E-state index contributed by atoms with van der Waals surface area (Å²) in [7, 11) is -2.08. The van der Waals surface area contributed by atoms with E-state index in [-0.39, 0.29) is 4.90 Å².